The molecular weight excluding hydrogens is 360 g/mol. The van der Waals surface area contributed by atoms with Crippen molar-refractivity contribution >= 4 is 23.2 Å². The fourth-order valence-corrected chi connectivity index (χ4v) is 3.62. The number of rotatable bonds is 4. The predicted octanol–water partition coefficient (Wildman–Crippen LogP) is 2.74. The van der Waals surface area contributed by atoms with Crippen LogP contribution in [0.4, 0.5) is 5.69 Å². The van der Waals surface area contributed by atoms with Crippen LogP contribution in [0.25, 0.3) is 0 Å². The van der Waals surface area contributed by atoms with Crippen molar-refractivity contribution in [1.82, 2.24) is 4.90 Å². The molecule has 0 aromatic heterocycles. The van der Waals surface area contributed by atoms with Crippen LogP contribution in [0.15, 0.2) is 42.5 Å². The average Bonchev–Trinajstić information content (AvgIpc) is 2.69. The highest BCUT2D eigenvalue weighted by Crippen LogP contribution is 2.25. The molecule has 3 rings (SSSR count). The van der Waals surface area contributed by atoms with Gasteiger partial charge in [-0.3, -0.25) is 4.79 Å². The molecule has 1 unspecified atom stereocenters. The first-order chi connectivity index (χ1) is 13.0. The van der Waals surface area contributed by atoms with Crippen molar-refractivity contribution in [2.45, 2.75) is 19.4 Å². The van der Waals surface area contributed by atoms with Gasteiger partial charge in [0.05, 0.1) is 17.7 Å². The molecule has 1 aliphatic heterocycles. The SMILES string of the molecule is Cc1ccc(Cl)cc1N1CCN(C(=O)C(N)Cc2ccccc2C#N)CC1. The van der Waals surface area contributed by atoms with Crippen molar-refractivity contribution < 1.29 is 4.79 Å². The Morgan fingerprint density at radius 2 is 1.93 bits per heavy atom. The first-order valence-corrected chi connectivity index (χ1v) is 9.41. The Balaban J connectivity index is 1.61. The van der Waals surface area contributed by atoms with E-state index in [1.807, 2.05) is 41.3 Å². The molecule has 1 saturated heterocycles. The molecule has 140 valence electrons. The second-order valence-electron chi connectivity index (χ2n) is 6.82. The molecule has 0 bridgehead atoms. The van der Waals surface area contributed by atoms with E-state index in [1.54, 1.807) is 6.07 Å². The topological polar surface area (TPSA) is 73.4 Å². The summed E-state index contributed by atoms with van der Waals surface area (Å²) in [6.07, 6.45) is 0.371. The number of carbonyl (C=O) groups excluding carboxylic acids is 1. The maximum Gasteiger partial charge on any atom is 0.239 e. The summed E-state index contributed by atoms with van der Waals surface area (Å²) in [5.41, 5.74) is 9.83. The predicted molar refractivity (Wildman–Crippen MR) is 108 cm³/mol. The second-order valence-corrected chi connectivity index (χ2v) is 7.26. The van der Waals surface area contributed by atoms with Crippen LogP contribution < -0.4 is 10.6 Å². The molecule has 2 aromatic carbocycles. The number of piperazine rings is 1. The van der Waals surface area contributed by atoms with Crippen LogP contribution in [-0.4, -0.2) is 43.0 Å². The van der Waals surface area contributed by atoms with Crippen molar-refractivity contribution in [1.29, 1.82) is 5.26 Å². The van der Waals surface area contributed by atoms with Gasteiger partial charge in [-0.05, 0) is 42.7 Å². The third-order valence-electron chi connectivity index (χ3n) is 5.00. The monoisotopic (exact) mass is 382 g/mol. The molecular formula is C21H23ClN4O. The second kappa shape index (κ2) is 8.43. The van der Waals surface area contributed by atoms with Crippen molar-refractivity contribution in [3.63, 3.8) is 0 Å². The van der Waals surface area contributed by atoms with Gasteiger partial charge in [-0.25, -0.2) is 0 Å². The molecule has 1 amide bonds. The third kappa shape index (κ3) is 4.41. The van der Waals surface area contributed by atoms with Crippen molar-refractivity contribution in [2.75, 3.05) is 31.1 Å². The van der Waals surface area contributed by atoms with Crippen LogP contribution in [0.5, 0.6) is 0 Å². The van der Waals surface area contributed by atoms with E-state index in [2.05, 4.69) is 17.9 Å². The maximum absolute atomic E-state index is 12.7. The lowest BCUT2D eigenvalue weighted by molar-refractivity contribution is -0.132. The minimum atomic E-state index is -0.640. The summed E-state index contributed by atoms with van der Waals surface area (Å²) in [5.74, 6) is -0.0646. The Morgan fingerprint density at radius 3 is 2.63 bits per heavy atom. The number of hydrogen-bond acceptors (Lipinski definition) is 4. The molecule has 27 heavy (non-hydrogen) atoms. The largest absolute Gasteiger partial charge is 0.368 e. The zero-order valence-electron chi connectivity index (χ0n) is 15.4. The van der Waals surface area contributed by atoms with Gasteiger partial charge in [0.25, 0.3) is 0 Å². The summed E-state index contributed by atoms with van der Waals surface area (Å²) in [4.78, 5) is 16.8. The van der Waals surface area contributed by atoms with Gasteiger partial charge in [-0.2, -0.15) is 5.26 Å². The number of aryl methyl sites for hydroxylation is 1. The van der Waals surface area contributed by atoms with Crippen LogP contribution in [-0.2, 0) is 11.2 Å². The number of nitrogens with zero attached hydrogens (tertiary/aromatic N) is 3. The maximum atomic E-state index is 12.7. The lowest BCUT2D eigenvalue weighted by Crippen LogP contribution is -2.53. The number of anilines is 1. The van der Waals surface area contributed by atoms with Gasteiger partial charge in [-0.15, -0.1) is 0 Å². The van der Waals surface area contributed by atoms with E-state index in [9.17, 15) is 10.1 Å². The minimum Gasteiger partial charge on any atom is -0.368 e. The van der Waals surface area contributed by atoms with Gasteiger partial charge in [0.1, 0.15) is 0 Å². The summed E-state index contributed by atoms with van der Waals surface area (Å²) in [7, 11) is 0. The van der Waals surface area contributed by atoms with Crippen LogP contribution in [0.3, 0.4) is 0 Å². The molecule has 1 atom stereocenters. The molecule has 5 nitrogen and oxygen atoms in total. The highest BCUT2D eigenvalue weighted by molar-refractivity contribution is 6.30. The van der Waals surface area contributed by atoms with Gasteiger partial charge in [0, 0.05) is 36.9 Å². The van der Waals surface area contributed by atoms with E-state index in [0.717, 1.165) is 24.3 Å². The highest BCUT2D eigenvalue weighted by atomic mass is 35.5. The third-order valence-corrected chi connectivity index (χ3v) is 5.23. The Hall–Kier alpha value is -2.55. The quantitative estimate of drug-likeness (QED) is 0.882. The summed E-state index contributed by atoms with van der Waals surface area (Å²) in [6.45, 7) is 4.80. The van der Waals surface area contributed by atoms with E-state index in [0.29, 0.717) is 30.1 Å². The average molecular weight is 383 g/mol. The number of benzene rings is 2. The molecule has 1 aliphatic rings. The molecule has 2 N–H and O–H groups in total. The molecule has 0 radical (unpaired) electrons. The Labute approximate surface area is 164 Å². The Bertz CT molecular complexity index is 869. The van der Waals surface area contributed by atoms with Gasteiger partial charge in [0.15, 0.2) is 0 Å². The zero-order valence-corrected chi connectivity index (χ0v) is 16.1. The van der Waals surface area contributed by atoms with E-state index in [-0.39, 0.29) is 5.91 Å². The number of hydrogen-bond donors (Lipinski definition) is 1. The molecule has 1 fully saturated rings. The fourth-order valence-electron chi connectivity index (χ4n) is 3.46. The summed E-state index contributed by atoms with van der Waals surface area (Å²) in [5, 5.41) is 9.91. The molecule has 0 aliphatic carbocycles. The summed E-state index contributed by atoms with van der Waals surface area (Å²) >= 11 is 6.13. The van der Waals surface area contributed by atoms with Gasteiger partial charge < -0.3 is 15.5 Å². The number of nitrogens with two attached hydrogens (primary N) is 1. The lowest BCUT2D eigenvalue weighted by Gasteiger charge is -2.37. The minimum absolute atomic E-state index is 0.0646. The van der Waals surface area contributed by atoms with Crippen molar-refractivity contribution in [2.24, 2.45) is 5.73 Å². The molecule has 2 aromatic rings. The van der Waals surface area contributed by atoms with E-state index in [1.165, 1.54) is 5.56 Å². The van der Waals surface area contributed by atoms with E-state index in [4.69, 9.17) is 17.3 Å². The molecule has 6 heteroatoms. The van der Waals surface area contributed by atoms with Gasteiger partial charge >= 0.3 is 0 Å². The van der Waals surface area contributed by atoms with Crippen molar-refractivity contribution in [3.05, 3.63) is 64.2 Å². The number of halogens is 1. The lowest BCUT2D eigenvalue weighted by atomic mass is 10.0. The Morgan fingerprint density at radius 1 is 1.22 bits per heavy atom. The Kier molecular flexibility index (Phi) is 6.00. The van der Waals surface area contributed by atoms with E-state index >= 15 is 0 Å². The molecule has 0 spiro atoms. The number of nitriles is 1. The first-order valence-electron chi connectivity index (χ1n) is 9.03. The van der Waals surface area contributed by atoms with Gasteiger partial charge in [0.2, 0.25) is 5.91 Å². The molecule has 1 heterocycles. The van der Waals surface area contributed by atoms with Gasteiger partial charge in [-0.1, -0.05) is 35.9 Å². The normalized spacial score (nSPS) is 15.3. The highest BCUT2D eigenvalue weighted by Gasteiger charge is 2.26. The number of carbonyl (C=O) groups is 1. The summed E-state index contributed by atoms with van der Waals surface area (Å²) < 4.78 is 0. The fraction of sp³-hybridized carbons (Fsp3) is 0.333. The number of amides is 1. The van der Waals surface area contributed by atoms with E-state index < -0.39 is 6.04 Å². The van der Waals surface area contributed by atoms with Crippen LogP contribution in [0.1, 0.15) is 16.7 Å². The smallest absolute Gasteiger partial charge is 0.239 e. The van der Waals surface area contributed by atoms with Crippen molar-refractivity contribution in [3.8, 4) is 6.07 Å². The first kappa shape index (κ1) is 19.2. The summed E-state index contributed by atoms with van der Waals surface area (Å²) in [6, 6.07) is 14.7. The molecule has 0 saturated carbocycles. The van der Waals surface area contributed by atoms with Crippen LogP contribution in [0, 0.1) is 18.3 Å². The standard InChI is InChI=1S/C21H23ClN4O/c1-15-6-7-18(22)13-20(15)25-8-10-26(11-9-25)21(27)19(24)12-16-4-2-3-5-17(16)14-23/h2-7,13,19H,8-12,24H2,1H3. The van der Waals surface area contributed by atoms with Crippen LogP contribution >= 0.6 is 11.6 Å². The zero-order chi connectivity index (χ0) is 19.4. The van der Waals surface area contributed by atoms with Crippen LogP contribution in [0.2, 0.25) is 5.02 Å².